The van der Waals surface area contributed by atoms with E-state index in [0.717, 1.165) is 13.1 Å². The van der Waals surface area contributed by atoms with E-state index in [-0.39, 0.29) is 11.2 Å². The van der Waals surface area contributed by atoms with Gasteiger partial charge in [0.2, 0.25) is 0 Å². The lowest BCUT2D eigenvalue weighted by Gasteiger charge is -2.35. The van der Waals surface area contributed by atoms with Crippen LogP contribution < -0.4 is 10.2 Å². The molecule has 0 radical (unpaired) electrons. The average Bonchev–Trinajstić information content (AvgIpc) is 2.27. The molecule has 0 bridgehead atoms. The van der Waals surface area contributed by atoms with E-state index < -0.39 is 0 Å². The summed E-state index contributed by atoms with van der Waals surface area (Å²) in [5.74, 6) is -0.163. The van der Waals surface area contributed by atoms with Gasteiger partial charge in [0.15, 0.2) is 0 Å². The first-order chi connectivity index (χ1) is 8.36. The maximum absolute atomic E-state index is 13.7. The lowest BCUT2D eigenvalue weighted by atomic mass is 9.86. The van der Waals surface area contributed by atoms with Crippen molar-refractivity contribution >= 4 is 5.69 Å². The van der Waals surface area contributed by atoms with Crippen LogP contribution in [0.25, 0.3) is 0 Å². The van der Waals surface area contributed by atoms with Crippen molar-refractivity contribution in [2.75, 3.05) is 25.0 Å². The Bertz CT molecular complexity index is 371. The SMILES string of the molecule is CCNC(CN(C)c1ccccc1F)C(C)(C)C. The van der Waals surface area contributed by atoms with Gasteiger partial charge in [-0.3, -0.25) is 0 Å². The summed E-state index contributed by atoms with van der Waals surface area (Å²) < 4.78 is 13.7. The van der Waals surface area contributed by atoms with Crippen LogP contribution in [0.4, 0.5) is 10.1 Å². The third-order valence-corrected chi connectivity index (χ3v) is 3.22. The molecule has 1 unspecified atom stereocenters. The Morgan fingerprint density at radius 1 is 1.28 bits per heavy atom. The smallest absolute Gasteiger partial charge is 0.146 e. The fourth-order valence-electron chi connectivity index (χ4n) is 2.02. The Morgan fingerprint density at radius 2 is 1.89 bits per heavy atom. The van der Waals surface area contributed by atoms with Crippen LogP contribution in [0.3, 0.4) is 0 Å². The summed E-state index contributed by atoms with van der Waals surface area (Å²) in [6.45, 7) is 10.4. The second kappa shape index (κ2) is 6.19. The van der Waals surface area contributed by atoms with Gasteiger partial charge < -0.3 is 10.2 Å². The van der Waals surface area contributed by atoms with Gasteiger partial charge in [0.1, 0.15) is 5.82 Å². The lowest BCUT2D eigenvalue weighted by molar-refractivity contribution is 0.275. The van der Waals surface area contributed by atoms with Crippen LogP contribution in [-0.4, -0.2) is 26.2 Å². The number of anilines is 1. The molecule has 2 nitrogen and oxygen atoms in total. The minimum Gasteiger partial charge on any atom is -0.371 e. The second-order valence-corrected chi connectivity index (χ2v) is 5.81. The highest BCUT2D eigenvalue weighted by atomic mass is 19.1. The molecule has 0 heterocycles. The second-order valence-electron chi connectivity index (χ2n) is 5.81. The van der Waals surface area contributed by atoms with Crippen molar-refractivity contribution in [1.82, 2.24) is 5.32 Å². The molecule has 0 aromatic heterocycles. The third kappa shape index (κ3) is 3.98. The summed E-state index contributed by atoms with van der Waals surface area (Å²) >= 11 is 0. The molecule has 1 N–H and O–H groups in total. The minimum absolute atomic E-state index is 0.148. The summed E-state index contributed by atoms with van der Waals surface area (Å²) in [7, 11) is 1.94. The molecule has 1 rings (SSSR count). The van der Waals surface area contributed by atoms with Gasteiger partial charge in [-0.15, -0.1) is 0 Å². The Balaban J connectivity index is 2.79. The van der Waals surface area contributed by atoms with E-state index in [0.29, 0.717) is 11.7 Å². The standard InChI is InChI=1S/C15H25FN2/c1-6-17-14(15(2,3)4)11-18(5)13-10-8-7-9-12(13)16/h7-10,14,17H,6,11H2,1-5H3. The molecule has 18 heavy (non-hydrogen) atoms. The summed E-state index contributed by atoms with van der Waals surface area (Å²) in [6.07, 6.45) is 0. The van der Waals surface area contributed by atoms with Crippen LogP contribution in [-0.2, 0) is 0 Å². The van der Waals surface area contributed by atoms with Crippen LogP contribution in [0.5, 0.6) is 0 Å². The van der Waals surface area contributed by atoms with Crippen molar-refractivity contribution in [3.63, 3.8) is 0 Å². The fourth-order valence-corrected chi connectivity index (χ4v) is 2.02. The Kier molecular flexibility index (Phi) is 5.15. The highest BCUT2D eigenvalue weighted by Gasteiger charge is 2.25. The molecular weight excluding hydrogens is 227 g/mol. The highest BCUT2D eigenvalue weighted by molar-refractivity contribution is 5.46. The lowest BCUT2D eigenvalue weighted by Crippen LogP contribution is -2.47. The largest absolute Gasteiger partial charge is 0.371 e. The number of hydrogen-bond donors (Lipinski definition) is 1. The van der Waals surface area contributed by atoms with Crippen molar-refractivity contribution in [3.05, 3.63) is 30.1 Å². The maximum Gasteiger partial charge on any atom is 0.146 e. The predicted molar refractivity (Wildman–Crippen MR) is 76.6 cm³/mol. The topological polar surface area (TPSA) is 15.3 Å². The van der Waals surface area contributed by atoms with E-state index in [2.05, 4.69) is 33.0 Å². The normalized spacial score (nSPS) is 13.4. The van der Waals surface area contributed by atoms with Crippen molar-refractivity contribution in [2.45, 2.75) is 33.7 Å². The Labute approximate surface area is 110 Å². The summed E-state index contributed by atoms with van der Waals surface area (Å²) in [4.78, 5) is 1.98. The number of halogens is 1. The predicted octanol–water partition coefficient (Wildman–Crippen LogP) is 3.29. The number of likely N-dealkylation sites (N-methyl/N-ethyl adjacent to an activating group) is 2. The van der Waals surface area contributed by atoms with Gasteiger partial charge in [-0.05, 0) is 24.1 Å². The van der Waals surface area contributed by atoms with Crippen molar-refractivity contribution in [3.8, 4) is 0 Å². The van der Waals surface area contributed by atoms with Gasteiger partial charge in [-0.2, -0.15) is 0 Å². The summed E-state index contributed by atoms with van der Waals surface area (Å²) in [5, 5.41) is 3.48. The van der Waals surface area contributed by atoms with E-state index in [9.17, 15) is 4.39 Å². The molecule has 0 aliphatic rings. The van der Waals surface area contributed by atoms with Gasteiger partial charge in [-0.25, -0.2) is 4.39 Å². The van der Waals surface area contributed by atoms with Crippen LogP contribution >= 0.6 is 0 Å². The van der Waals surface area contributed by atoms with Gasteiger partial charge >= 0.3 is 0 Å². The molecule has 1 atom stereocenters. The fraction of sp³-hybridized carbons (Fsp3) is 0.600. The first-order valence-corrected chi connectivity index (χ1v) is 6.55. The molecule has 0 amide bonds. The van der Waals surface area contributed by atoms with Crippen LogP contribution in [0.2, 0.25) is 0 Å². The quantitative estimate of drug-likeness (QED) is 0.865. The molecular formula is C15H25FN2. The van der Waals surface area contributed by atoms with E-state index in [1.807, 2.05) is 24.1 Å². The van der Waals surface area contributed by atoms with Crippen molar-refractivity contribution in [1.29, 1.82) is 0 Å². The van der Waals surface area contributed by atoms with E-state index >= 15 is 0 Å². The van der Waals surface area contributed by atoms with Crippen molar-refractivity contribution in [2.24, 2.45) is 5.41 Å². The van der Waals surface area contributed by atoms with Crippen molar-refractivity contribution < 1.29 is 4.39 Å². The molecule has 0 saturated heterocycles. The summed E-state index contributed by atoms with van der Waals surface area (Å²) in [6, 6.07) is 7.24. The van der Waals surface area contributed by atoms with Gasteiger partial charge in [0.25, 0.3) is 0 Å². The van der Waals surface area contributed by atoms with Crippen LogP contribution in [0, 0.1) is 11.2 Å². The zero-order chi connectivity index (χ0) is 13.8. The Morgan fingerprint density at radius 3 is 2.39 bits per heavy atom. The number of para-hydroxylation sites is 1. The first kappa shape index (κ1) is 15.0. The zero-order valence-corrected chi connectivity index (χ0v) is 12.1. The van der Waals surface area contributed by atoms with Gasteiger partial charge in [0, 0.05) is 19.6 Å². The third-order valence-electron chi connectivity index (χ3n) is 3.22. The van der Waals surface area contributed by atoms with E-state index in [1.165, 1.54) is 6.07 Å². The molecule has 102 valence electrons. The maximum atomic E-state index is 13.7. The molecule has 0 aliphatic carbocycles. The minimum atomic E-state index is -0.163. The molecule has 0 spiro atoms. The molecule has 0 saturated carbocycles. The highest BCUT2D eigenvalue weighted by Crippen LogP contribution is 2.23. The van der Waals surface area contributed by atoms with E-state index in [4.69, 9.17) is 0 Å². The number of benzene rings is 1. The molecule has 3 heteroatoms. The van der Waals surface area contributed by atoms with Crippen LogP contribution in [0.15, 0.2) is 24.3 Å². The number of hydrogen-bond acceptors (Lipinski definition) is 2. The molecule has 1 aromatic rings. The molecule has 0 fully saturated rings. The first-order valence-electron chi connectivity index (χ1n) is 6.55. The zero-order valence-electron chi connectivity index (χ0n) is 12.1. The van der Waals surface area contributed by atoms with E-state index in [1.54, 1.807) is 6.07 Å². The van der Waals surface area contributed by atoms with Gasteiger partial charge in [-0.1, -0.05) is 39.8 Å². The number of nitrogens with one attached hydrogen (secondary N) is 1. The van der Waals surface area contributed by atoms with Crippen LogP contribution in [0.1, 0.15) is 27.7 Å². The monoisotopic (exact) mass is 252 g/mol. The average molecular weight is 252 g/mol. The molecule has 1 aromatic carbocycles. The summed E-state index contributed by atoms with van der Waals surface area (Å²) in [5.41, 5.74) is 0.805. The Hall–Kier alpha value is -1.09. The number of rotatable bonds is 5. The number of nitrogens with zero attached hydrogens (tertiary/aromatic N) is 1. The molecule has 0 aliphatic heterocycles. The van der Waals surface area contributed by atoms with Gasteiger partial charge in [0.05, 0.1) is 5.69 Å².